The minimum atomic E-state index is -0.288. The van der Waals surface area contributed by atoms with Crippen molar-refractivity contribution in [3.63, 3.8) is 0 Å². The maximum Gasteiger partial charge on any atom is 0.251 e. The highest BCUT2D eigenvalue weighted by Crippen LogP contribution is 2.14. The molecule has 0 aliphatic heterocycles. The molecule has 0 atom stereocenters. The van der Waals surface area contributed by atoms with Gasteiger partial charge in [-0.15, -0.1) is 0 Å². The summed E-state index contributed by atoms with van der Waals surface area (Å²) in [5, 5.41) is 5.74. The van der Waals surface area contributed by atoms with Crippen molar-refractivity contribution in [2.45, 2.75) is 39.2 Å². The minimum absolute atomic E-state index is 0.0878. The molecule has 0 unspecified atom stereocenters. The van der Waals surface area contributed by atoms with Crippen molar-refractivity contribution in [1.82, 2.24) is 5.32 Å². The number of hydrogen-bond acceptors (Lipinski definition) is 3. The molecule has 2 aromatic rings. The molecule has 0 spiro atoms. The maximum atomic E-state index is 12.1. The topological polar surface area (TPSA) is 84.2 Å². The summed E-state index contributed by atoms with van der Waals surface area (Å²) in [6, 6.07) is 14.4. The summed E-state index contributed by atoms with van der Waals surface area (Å²) in [6.07, 6.45) is 0.936. The normalized spacial score (nSPS) is 11.0. The Morgan fingerprint density at radius 2 is 1.64 bits per heavy atom. The summed E-state index contributed by atoms with van der Waals surface area (Å²) in [5.74, 6) is -0.222. The molecule has 5 nitrogen and oxygen atoms in total. The number of carbonyl (C=O) groups excluding carboxylic acids is 2. The average molecular weight is 339 g/mol. The summed E-state index contributed by atoms with van der Waals surface area (Å²) in [6.45, 7) is 5.79. The third-order valence-corrected chi connectivity index (χ3v) is 3.60. The summed E-state index contributed by atoms with van der Waals surface area (Å²) >= 11 is 0. The zero-order chi connectivity index (χ0) is 18.4. The van der Waals surface area contributed by atoms with Crippen molar-refractivity contribution in [3.05, 3.63) is 59.7 Å². The number of nitrogens with two attached hydrogens (primary N) is 1. The van der Waals surface area contributed by atoms with Crippen LogP contribution in [0.25, 0.3) is 0 Å². The Morgan fingerprint density at radius 3 is 2.24 bits per heavy atom. The Kier molecular flexibility index (Phi) is 5.80. The van der Waals surface area contributed by atoms with Crippen LogP contribution in [0.1, 0.15) is 43.1 Å². The van der Waals surface area contributed by atoms with Crippen molar-refractivity contribution in [3.8, 4) is 0 Å². The largest absolute Gasteiger partial charge is 0.399 e. The number of amides is 2. The van der Waals surface area contributed by atoms with Crippen LogP contribution in [0.3, 0.4) is 0 Å². The number of carbonyl (C=O) groups is 2. The van der Waals surface area contributed by atoms with Crippen LogP contribution in [0.5, 0.6) is 0 Å². The van der Waals surface area contributed by atoms with E-state index in [2.05, 4.69) is 10.6 Å². The van der Waals surface area contributed by atoms with Gasteiger partial charge < -0.3 is 16.4 Å². The van der Waals surface area contributed by atoms with E-state index in [1.807, 2.05) is 45.0 Å². The highest BCUT2D eigenvalue weighted by molar-refractivity contribution is 5.96. The number of aryl methyl sites for hydroxylation is 1. The van der Waals surface area contributed by atoms with Gasteiger partial charge in [-0.25, -0.2) is 0 Å². The molecule has 2 amide bonds. The van der Waals surface area contributed by atoms with Crippen LogP contribution in [0.15, 0.2) is 48.5 Å². The zero-order valence-electron chi connectivity index (χ0n) is 14.9. The van der Waals surface area contributed by atoms with Gasteiger partial charge >= 0.3 is 0 Å². The Morgan fingerprint density at radius 1 is 1.00 bits per heavy atom. The SMILES string of the molecule is CC(C)(C)NC(=O)c1ccc(NC(=O)CCc2ccccc2N)cc1. The summed E-state index contributed by atoms with van der Waals surface area (Å²) in [7, 11) is 0. The lowest BCUT2D eigenvalue weighted by Crippen LogP contribution is -2.40. The van der Waals surface area contributed by atoms with Crippen molar-refractivity contribution in [1.29, 1.82) is 0 Å². The second-order valence-corrected chi connectivity index (χ2v) is 7.03. The van der Waals surface area contributed by atoms with Crippen LogP contribution in [0.4, 0.5) is 11.4 Å². The van der Waals surface area contributed by atoms with Gasteiger partial charge in [-0.1, -0.05) is 18.2 Å². The fraction of sp³-hybridized carbons (Fsp3) is 0.300. The molecule has 5 heteroatoms. The van der Waals surface area contributed by atoms with Gasteiger partial charge in [0.2, 0.25) is 5.91 Å². The highest BCUT2D eigenvalue weighted by atomic mass is 16.2. The first-order valence-electron chi connectivity index (χ1n) is 8.30. The molecule has 132 valence electrons. The lowest BCUT2D eigenvalue weighted by atomic mass is 10.1. The van der Waals surface area contributed by atoms with E-state index in [9.17, 15) is 9.59 Å². The second kappa shape index (κ2) is 7.83. The second-order valence-electron chi connectivity index (χ2n) is 7.03. The van der Waals surface area contributed by atoms with Gasteiger partial charge in [-0.2, -0.15) is 0 Å². The van der Waals surface area contributed by atoms with Crippen LogP contribution in [-0.2, 0) is 11.2 Å². The van der Waals surface area contributed by atoms with Gasteiger partial charge in [0.25, 0.3) is 5.91 Å². The standard InChI is InChI=1S/C20H25N3O2/c1-20(2,3)23-19(25)15-8-11-16(12-9-15)22-18(24)13-10-14-6-4-5-7-17(14)21/h4-9,11-12H,10,13,21H2,1-3H3,(H,22,24)(H,23,25). The molecule has 0 aromatic heterocycles. The Balaban J connectivity index is 1.89. The predicted octanol–water partition coefficient (Wildman–Crippen LogP) is 3.37. The number of para-hydroxylation sites is 1. The number of benzene rings is 2. The molecule has 2 aromatic carbocycles. The minimum Gasteiger partial charge on any atom is -0.399 e. The predicted molar refractivity (Wildman–Crippen MR) is 101 cm³/mol. The van der Waals surface area contributed by atoms with Crippen LogP contribution < -0.4 is 16.4 Å². The third kappa shape index (κ3) is 5.95. The van der Waals surface area contributed by atoms with Crippen LogP contribution in [0, 0.1) is 0 Å². The lowest BCUT2D eigenvalue weighted by Gasteiger charge is -2.20. The third-order valence-electron chi connectivity index (χ3n) is 3.60. The number of hydrogen-bond donors (Lipinski definition) is 3. The first-order chi connectivity index (χ1) is 11.7. The van der Waals surface area contributed by atoms with E-state index in [4.69, 9.17) is 5.73 Å². The highest BCUT2D eigenvalue weighted by Gasteiger charge is 2.15. The van der Waals surface area contributed by atoms with E-state index in [1.165, 1.54) is 0 Å². The van der Waals surface area contributed by atoms with Crippen LogP contribution >= 0.6 is 0 Å². The first kappa shape index (κ1) is 18.5. The Hall–Kier alpha value is -2.82. The smallest absolute Gasteiger partial charge is 0.251 e. The van der Waals surface area contributed by atoms with Gasteiger partial charge in [0.05, 0.1) is 0 Å². The zero-order valence-corrected chi connectivity index (χ0v) is 14.9. The first-order valence-corrected chi connectivity index (χ1v) is 8.30. The van der Waals surface area contributed by atoms with Crippen molar-refractivity contribution >= 4 is 23.2 Å². The maximum absolute atomic E-state index is 12.1. The van der Waals surface area contributed by atoms with Crippen molar-refractivity contribution in [2.24, 2.45) is 0 Å². The van der Waals surface area contributed by atoms with Gasteiger partial charge in [0, 0.05) is 28.9 Å². The molecule has 0 fully saturated rings. The van der Waals surface area contributed by atoms with Gasteiger partial charge in [0.1, 0.15) is 0 Å². The van der Waals surface area contributed by atoms with Gasteiger partial charge in [-0.3, -0.25) is 9.59 Å². The van der Waals surface area contributed by atoms with Crippen LogP contribution in [-0.4, -0.2) is 17.4 Å². The summed E-state index contributed by atoms with van der Waals surface area (Å²) in [5.41, 5.74) is 8.48. The Labute approximate surface area is 148 Å². The number of nitrogen functional groups attached to an aromatic ring is 1. The molecular weight excluding hydrogens is 314 g/mol. The molecule has 0 aliphatic carbocycles. The molecule has 0 heterocycles. The number of anilines is 2. The summed E-state index contributed by atoms with van der Waals surface area (Å²) < 4.78 is 0. The van der Waals surface area contributed by atoms with E-state index in [0.29, 0.717) is 29.8 Å². The Bertz CT molecular complexity index is 746. The van der Waals surface area contributed by atoms with E-state index in [1.54, 1.807) is 24.3 Å². The van der Waals surface area contributed by atoms with Crippen molar-refractivity contribution < 1.29 is 9.59 Å². The fourth-order valence-electron chi connectivity index (χ4n) is 2.35. The fourth-order valence-corrected chi connectivity index (χ4v) is 2.35. The molecule has 0 bridgehead atoms. The molecule has 0 saturated carbocycles. The number of nitrogens with one attached hydrogen (secondary N) is 2. The lowest BCUT2D eigenvalue weighted by molar-refractivity contribution is -0.116. The van der Waals surface area contributed by atoms with Crippen molar-refractivity contribution in [2.75, 3.05) is 11.1 Å². The molecule has 2 rings (SSSR count). The quantitative estimate of drug-likeness (QED) is 0.730. The van der Waals surface area contributed by atoms with Crippen LogP contribution in [0.2, 0.25) is 0 Å². The molecule has 0 radical (unpaired) electrons. The molecular formula is C20H25N3O2. The number of rotatable bonds is 5. The average Bonchev–Trinajstić information content (AvgIpc) is 2.53. The van der Waals surface area contributed by atoms with E-state index < -0.39 is 0 Å². The molecule has 25 heavy (non-hydrogen) atoms. The molecule has 0 saturated heterocycles. The van der Waals surface area contributed by atoms with E-state index >= 15 is 0 Å². The molecule has 0 aliphatic rings. The summed E-state index contributed by atoms with van der Waals surface area (Å²) in [4.78, 5) is 24.1. The molecule has 4 N–H and O–H groups in total. The van der Waals surface area contributed by atoms with Gasteiger partial charge in [0.15, 0.2) is 0 Å². The monoisotopic (exact) mass is 339 g/mol. The van der Waals surface area contributed by atoms with E-state index in [0.717, 1.165) is 5.56 Å². The van der Waals surface area contributed by atoms with E-state index in [-0.39, 0.29) is 17.4 Å². The van der Waals surface area contributed by atoms with Gasteiger partial charge in [-0.05, 0) is 63.1 Å².